The highest BCUT2D eigenvalue weighted by atomic mass is 19.2. The molecule has 180 valence electrons. The summed E-state index contributed by atoms with van der Waals surface area (Å²) >= 11 is 0. The van der Waals surface area contributed by atoms with Crippen molar-refractivity contribution in [3.63, 3.8) is 0 Å². The third-order valence-electron chi connectivity index (χ3n) is 7.47. The van der Waals surface area contributed by atoms with Crippen molar-refractivity contribution in [3.8, 4) is 11.4 Å². The zero-order valence-electron chi connectivity index (χ0n) is 19.2. The van der Waals surface area contributed by atoms with Gasteiger partial charge in [-0.15, -0.1) is 0 Å². The van der Waals surface area contributed by atoms with Gasteiger partial charge in [0.25, 0.3) is 0 Å². The van der Waals surface area contributed by atoms with Gasteiger partial charge in [-0.3, -0.25) is 4.79 Å². The Hall–Kier alpha value is -2.83. The molecule has 2 aliphatic rings. The second kappa shape index (κ2) is 9.80. The molecular formula is C27H30F3N3O. The monoisotopic (exact) mass is 469 g/mol. The fraction of sp³-hybridized carbons (Fsp3) is 0.481. The fourth-order valence-corrected chi connectivity index (χ4v) is 5.74. The number of imidazole rings is 1. The maximum Gasteiger partial charge on any atom is 0.243 e. The molecule has 1 atom stereocenters. The lowest BCUT2D eigenvalue weighted by atomic mass is 9.82. The van der Waals surface area contributed by atoms with E-state index in [0.717, 1.165) is 63.9 Å². The van der Waals surface area contributed by atoms with Crippen molar-refractivity contribution in [2.24, 2.45) is 5.92 Å². The van der Waals surface area contributed by atoms with Gasteiger partial charge in [-0.25, -0.2) is 18.2 Å². The Balaban J connectivity index is 1.65. The molecule has 3 aromatic rings. The standard InChI is InChI=1S/C27H30F3N3O/c28-20-16-15-19(23(29)24(20)30)26-32-21-13-7-8-14-22(21)33(26)25(17-9-3-1-4-10-17)27(34)31-18-11-5-2-6-12-18/h7-8,13-18,25H,1-6,9-12H2,(H,31,34). The van der Waals surface area contributed by atoms with E-state index >= 15 is 0 Å². The zero-order valence-corrected chi connectivity index (χ0v) is 19.2. The zero-order chi connectivity index (χ0) is 23.7. The van der Waals surface area contributed by atoms with E-state index in [4.69, 9.17) is 0 Å². The topological polar surface area (TPSA) is 46.9 Å². The molecule has 2 aromatic carbocycles. The van der Waals surface area contributed by atoms with Crippen LogP contribution < -0.4 is 5.32 Å². The van der Waals surface area contributed by atoms with Gasteiger partial charge >= 0.3 is 0 Å². The van der Waals surface area contributed by atoms with E-state index in [1.165, 1.54) is 12.5 Å². The molecule has 0 radical (unpaired) electrons. The normalized spacial score (nSPS) is 18.8. The summed E-state index contributed by atoms with van der Waals surface area (Å²) in [7, 11) is 0. The van der Waals surface area contributed by atoms with Crippen LogP contribution in [0, 0.1) is 23.4 Å². The predicted octanol–water partition coefficient (Wildman–Crippen LogP) is 6.69. The molecule has 0 saturated heterocycles. The highest BCUT2D eigenvalue weighted by molar-refractivity contribution is 5.87. The quantitative estimate of drug-likeness (QED) is 0.423. The Morgan fingerprint density at radius 1 is 0.882 bits per heavy atom. The van der Waals surface area contributed by atoms with Gasteiger partial charge in [0.1, 0.15) is 11.9 Å². The van der Waals surface area contributed by atoms with E-state index in [1.807, 2.05) is 18.2 Å². The first-order valence-electron chi connectivity index (χ1n) is 12.5. The summed E-state index contributed by atoms with van der Waals surface area (Å²) in [4.78, 5) is 18.5. The lowest BCUT2D eigenvalue weighted by molar-refractivity contribution is -0.127. The van der Waals surface area contributed by atoms with E-state index in [1.54, 1.807) is 10.6 Å². The Kier molecular flexibility index (Phi) is 6.61. The molecule has 1 heterocycles. The van der Waals surface area contributed by atoms with Gasteiger partial charge in [-0.2, -0.15) is 0 Å². The smallest absolute Gasteiger partial charge is 0.243 e. The van der Waals surface area contributed by atoms with Crippen molar-refractivity contribution < 1.29 is 18.0 Å². The van der Waals surface area contributed by atoms with Crippen LogP contribution in [-0.2, 0) is 4.79 Å². The van der Waals surface area contributed by atoms with Crippen LogP contribution in [0.2, 0.25) is 0 Å². The molecule has 0 bridgehead atoms. The number of amides is 1. The summed E-state index contributed by atoms with van der Waals surface area (Å²) in [6.45, 7) is 0. The number of carbonyl (C=O) groups excluding carboxylic acids is 1. The number of hydrogen-bond donors (Lipinski definition) is 1. The van der Waals surface area contributed by atoms with E-state index in [2.05, 4.69) is 10.3 Å². The lowest BCUT2D eigenvalue weighted by Crippen LogP contribution is -2.43. The summed E-state index contributed by atoms with van der Waals surface area (Å²) in [6, 6.07) is 8.98. The van der Waals surface area contributed by atoms with Gasteiger partial charge in [-0.1, -0.05) is 50.7 Å². The van der Waals surface area contributed by atoms with E-state index in [-0.39, 0.29) is 29.3 Å². The molecule has 1 aromatic heterocycles. The number of carbonyl (C=O) groups is 1. The van der Waals surface area contributed by atoms with E-state index in [9.17, 15) is 18.0 Å². The summed E-state index contributed by atoms with van der Waals surface area (Å²) < 4.78 is 44.7. The van der Waals surface area contributed by atoms with Gasteiger partial charge < -0.3 is 9.88 Å². The third-order valence-corrected chi connectivity index (χ3v) is 7.47. The van der Waals surface area contributed by atoms with Gasteiger partial charge in [0.2, 0.25) is 5.91 Å². The molecule has 2 aliphatic carbocycles. The Morgan fingerprint density at radius 3 is 2.29 bits per heavy atom. The van der Waals surface area contributed by atoms with Crippen molar-refractivity contribution in [3.05, 3.63) is 53.8 Å². The van der Waals surface area contributed by atoms with Crippen LogP contribution in [0.5, 0.6) is 0 Å². The first-order chi connectivity index (χ1) is 16.5. The molecule has 1 N–H and O–H groups in total. The number of halogens is 3. The second-order valence-electron chi connectivity index (χ2n) is 9.70. The molecular weight excluding hydrogens is 439 g/mol. The summed E-state index contributed by atoms with van der Waals surface area (Å²) in [5, 5.41) is 3.27. The van der Waals surface area contributed by atoms with Crippen molar-refractivity contribution >= 4 is 16.9 Å². The maximum absolute atomic E-state index is 15.0. The van der Waals surface area contributed by atoms with Gasteiger partial charge in [0.05, 0.1) is 16.6 Å². The molecule has 5 rings (SSSR count). The average molecular weight is 470 g/mol. The molecule has 2 fully saturated rings. The molecule has 2 saturated carbocycles. The number of rotatable bonds is 5. The van der Waals surface area contributed by atoms with Crippen molar-refractivity contribution in [1.82, 2.24) is 14.9 Å². The number of fused-ring (bicyclic) bond motifs is 1. The number of benzene rings is 2. The first kappa shape index (κ1) is 22.9. The Morgan fingerprint density at radius 2 is 1.56 bits per heavy atom. The average Bonchev–Trinajstić information content (AvgIpc) is 3.23. The van der Waals surface area contributed by atoms with E-state index in [0.29, 0.717) is 11.0 Å². The number of nitrogens with zero attached hydrogens (tertiary/aromatic N) is 2. The largest absolute Gasteiger partial charge is 0.352 e. The Labute approximate surface area is 197 Å². The molecule has 0 spiro atoms. The highest BCUT2D eigenvalue weighted by Crippen LogP contribution is 2.39. The number of nitrogens with one attached hydrogen (secondary N) is 1. The molecule has 4 nitrogen and oxygen atoms in total. The predicted molar refractivity (Wildman–Crippen MR) is 126 cm³/mol. The van der Waals surface area contributed by atoms with Crippen LogP contribution in [0.4, 0.5) is 13.2 Å². The summed E-state index contributed by atoms with van der Waals surface area (Å²) in [6.07, 6.45) is 10.2. The second-order valence-corrected chi connectivity index (χ2v) is 9.70. The molecule has 0 aliphatic heterocycles. The van der Waals surface area contributed by atoms with Crippen LogP contribution in [0.1, 0.15) is 70.3 Å². The summed E-state index contributed by atoms with van der Waals surface area (Å²) in [5.41, 5.74) is 1.14. The molecule has 7 heteroatoms. The SMILES string of the molecule is O=C(NC1CCCCC1)C(C1CCCCC1)n1c(-c2ccc(F)c(F)c2F)nc2ccccc21. The van der Waals surface area contributed by atoms with Crippen LogP contribution in [0.3, 0.4) is 0 Å². The third kappa shape index (κ3) is 4.32. The van der Waals surface area contributed by atoms with Crippen molar-refractivity contribution in [2.45, 2.75) is 76.3 Å². The minimum absolute atomic E-state index is 0.0575. The van der Waals surface area contributed by atoms with Crippen molar-refractivity contribution in [2.75, 3.05) is 0 Å². The molecule has 1 unspecified atom stereocenters. The van der Waals surface area contributed by atoms with Crippen molar-refractivity contribution in [1.29, 1.82) is 0 Å². The van der Waals surface area contributed by atoms with Gasteiger partial charge in [0.15, 0.2) is 17.5 Å². The fourth-order valence-electron chi connectivity index (χ4n) is 5.74. The van der Waals surface area contributed by atoms with Crippen LogP contribution in [0.15, 0.2) is 36.4 Å². The minimum Gasteiger partial charge on any atom is -0.352 e. The van der Waals surface area contributed by atoms with Crippen LogP contribution in [-0.4, -0.2) is 21.5 Å². The lowest BCUT2D eigenvalue weighted by Gasteiger charge is -2.33. The number of hydrogen-bond acceptors (Lipinski definition) is 2. The molecule has 34 heavy (non-hydrogen) atoms. The Bertz CT molecular complexity index is 1180. The van der Waals surface area contributed by atoms with Crippen LogP contribution >= 0.6 is 0 Å². The highest BCUT2D eigenvalue weighted by Gasteiger charge is 2.36. The van der Waals surface area contributed by atoms with E-state index < -0.39 is 23.5 Å². The maximum atomic E-state index is 15.0. The first-order valence-corrected chi connectivity index (χ1v) is 12.5. The number of aromatic nitrogens is 2. The molecule has 1 amide bonds. The number of para-hydroxylation sites is 2. The minimum atomic E-state index is -1.53. The summed E-state index contributed by atoms with van der Waals surface area (Å²) in [5.74, 6) is -3.94. The van der Waals surface area contributed by atoms with Gasteiger partial charge in [0, 0.05) is 6.04 Å². The van der Waals surface area contributed by atoms with Gasteiger partial charge in [-0.05, 0) is 55.9 Å². The van der Waals surface area contributed by atoms with Crippen LogP contribution in [0.25, 0.3) is 22.4 Å².